The fourth-order valence-electron chi connectivity index (χ4n) is 2.28. The summed E-state index contributed by atoms with van der Waals surface area (Å²) in [5.74, 6) is 0. The molecule has 0 aliphatic heterocycles. The number of carbonyl (C=O) groups is 1. The van der Waals surface area contributed by atoms with Crippen molar-refractivity contribution in [1.29, 1.82) is 0 Å². The van der Waals surface area contributed by atoms with Gasteiger partial charge in [0.15, 0.2) is 6.29 Å². The van der Waals surface area contributed by atoms with Gasteiger partial charge in [0.25, 0.3) is 0 Å². The Morgan fingerprint density at radius 2 is 2.06 bits per heavy atom. The molecule has 0 unspecified atom stereocenters. The molecule has 0 saturated heterocycles. The van der Waals surface area contributed by atoms with Gasteiger partial charge in [0.2, 0.25) is 0 Å². The Bertz CT molecular complexity index is 569. The summed E-state index contributed by atoms with van der Waals surface area (Å²) in [5, 5.41) is 1.52. The number of hydrogen-bond donors (Lipinski definition) is 0. The Kier molecular flexibility index (Phi) is 2.76. The van der Waals surface area contributed by atoms with Crippen molar-refractivity contribution in [2.24, 2.45) is 0 Å². The van der Waals surface area contributed by atoms with Gasteiger partial charge in [-0.1, -0.05) is 17.7 Å². The van der Waals surface area contributed by atoms with Crippen molar-refractivity contribution < 1.29 is 4.79 Å². The quantitative estimate of drug-likeness (QED) is 0.727. The molecule has 0 atom stereocenters. The monoisotopic (exact) mass is 235 g/mol. The lowest BCUT2D eigenvalue weighted by atomic mass is 10.1. The zero-order valence-electron chi connectivity index (χ0n) is 9.67. The average molecular weight is 236 g/mol. The molecule has 0 N–H and O–H groups in total. The molecule has 1 aromatic carbocycles. The summed E-state index contributed by atoms with van der Waals surface area (Å²) >= 11 is 6.21. The van der Waals surface area contributed by atoms with Gasteiger partial charge < -0.3 is 4.57 Å². The van der Waals surface area contributed by atoms with E-state index in [1.807, 2.05) is 25.3 Å². The summed E-state index contributed by atoms with van der Waals surface area (Å²) in [4.78, 5) is 11.1. The summed E-state index contributed by atoms with van der Waals surface area (Å²) in [6.45, 7) is 6.86. The second-order valence-electron chi connectivity index (χ2n) is 4.04. The van der Waals surface area contributed by atoms with E-state index in [1.54, 1.807) is 0 Å². The topological polar surface area (TPSA) is 22.0 Å². The van der Waals surface area contributed by atoms with Gasteiger partial charge in [-0.15, -0.1) is 0 Å². The van der Waals surface area contributed by atoms with E-state index >= 15 is 0 Å². The van der Waals surface area contributed by atoms with Crippen LogP contribution in [0.25, 0.3) is 10.9 Å². The molecule has 1 heterocycles. The van der Waals surface area contributed by atoms with Crippen molar-refractivity contribution in [2.45, 2.75) is 27.3 Å². The van der Waals surface area contributed by atoms with Crippen LogP contribution < -0.4 is 0 Å². The number of benzene rings is 1. The molecular weight excluding hydrogens is 222 g/mol. The van der Waals surface area contributed by atoms with Crippen LogP contribution in [0.4, 0.5) is 0 Å². The maximum absolute atomic E-state index is 11.1. The minimum absolute atomic E-state index is 0.543. The molecule has 2 aromatic rings. The molecular formula is C13H14ClNO. The van der Waals surface area contributed by atoms with Gasteiger partial charge in [-0.2, -0.15) is 0 Å². The third-order valence-corrected chi connectivity index (χ3v) is 3.32. The minimum Gasteiger partial charge on any atom is -0.331 e. The molecule has 84 valence electrons. The van der Waals surface area contributed by atoms with Crippen LogP contribution in [0.1, 0.15) is 28.4 Å². The van der Waals surface area contributed by atoms with E-state index in [9.17, 15) is 4.79 Å². The number of halogens is 1. The van der Waals surface area contributed by atoms with E-state index in [1.165, 1.54) is 5.56 Å². The summed E-state index contributed by atoms with van der Waals surface area (Å²) in [6, 6.07) is 4.15. The van der Waals surface area contributed by atoms with Gasteiger partial charge >= 0.3 is 0 Å². The zero-order valence-corrected chi connectivity index (χ0v) is 10.4. The smallest absolute Gasteiger partial charge is 0.153 e. The fourth-order valence-corrected chi connectivity index (χ4v) is 2.63. The van der Waals surface area contributed by atoms with Crippen molar-refractivity contribution in [3.8, 4) is 0 Å². The molecule has 0 aliphatic rings. The first-order valence-corrected chi connectivity index (χ1v) is 5.72. The number of nitrogens with zero attached hydrogens (tertiary/aromatic N) is 1. The van der Waals surface area contributed by atoms with Crippen LogP contribution in [0.5, 0.6) is 0 Å². The van der Waals surface area contributed by atoms with Crippen molar-refractivity contribution >= 4 is 28.8 Å². The molecule has 0 radical (unpaired) electrons. The van der Waals surface area contributed by atoms with Crippen molar-refractivity contribution in [3.05, 3.63) is 34.0 Å². The standard InChI is InChI=1S/C13H14ClNO/c1-4-15-11-6-8(2)5-9(3)12(11)10(7-16)13(15)14/h5-7H,4H2,1-3H3. The molecule has 0 spiro atoms. The molecule has 3 heteroatoms. The van der Waals surface area contributed by atoms with Crippen LogP contribution in [0.2, 0.25) is 5.15 Å². The second-order valence-corrected chi connectivity index (χ2v) is 4.40. The molecule has 1 aromatic heterocycles. The van der Waals surface area contributed by atoms with Gasteiger partial charge in [-0.25, -0.2) is 0 Å². The number of aldehydes is 1. The summed E-state index contributed by atoms with van der Waals surface area (Å²) in [7, 11) is 0. The Labute approximate surface area is 99.8 Å². The lowest BCUT2D eigenvalue weighted by molar-refractivity contribution is 0.112. The normalized spacial score (nSPS) is 11.0. The zero-order chi connectivity index (χ0) is 11.9. The molecule has 0 aliphatic carbocycles. The van der Waals surface area contributed by atoms with Crippen LogP contribution >= 0.6 is 11.6 Å². The summed E-state index contributed by atoms with van der Waals surface area (Å²) in [6.07, 6.45) is 0.846. The predicted molar refractivity (Wildman–Crippen MR) is 67.5 cm³/mol. The summed E-state index contributed by atoms with van der Waals surface area (Å²) in [5.41, 5.74) is 3.95. The highest BCUT2D eigenvalue weighted by atomic mass is 35.5. The number of aromatic nitrogens is 1. The van der Waals surface area contributed by atoms with Gasteiger partial charge in [0.05, 0.1) is 11.1 Å². The molecule has 0 saturated carbocycles. The van der Waals surface area contributed by atoms with Gasteiger partial charge in [0, 0.05) is 11.9 Å². The number of hydrogen-bond acceptors (Lipinski definition) is 1. The number of rotatable bonds is 2. The van der Waals surface area contributed by atoms with E-state index in [2.05, 4.69) is 12.1 Å². The SMILES string of the molecule is CCn1c(Cl)c(C=O)c2c(C)cc(C)cc21. The van der Waals surface area contributed by atoms with E-state index in [0.717, 1.165) is 29.3 Å². The number of aryl methyl sites for hydroxylation is 3. The van der Waals surface area contributed by atoms with E-state index in [0.29, 0.717) is 10.7 Å². The van der Waals surface area contributed by atoms with Gasteiger partial charge in [0.1, 0.15) is 5.15 Å². The largest absolute Gasteiger partial charge is 0.331 e. The first-order chi connectivity index (χ1) is 7.60. The van der Waals surface area contributed by atoms with Crippen LogP contribution in [0.15, 0.2) is 12.1 Å². The maximum atomic E-state index is 11.1. The molecule has 2 rings (SSSR count). The first-order valence-electron chi connectivity index (χ1n) is 5.34. The van der Waals surface area contributed by atoms with Crippen LogP contribution in [-0.2, 0) is 6.54 Å². The van der Waals surface area contributed by atoms with Crippen LogP contribution in [-0.4, -0.2) is 10.9 Å². The van der Waals surface area contributed by atoms with Crippen molar-refractivity contribution in [3.63, 3.8) is 0 Å². The van der Waals surface area contributed by atoms with Gasteiger partial charge in [-0.05, 0) is 38.0 Å². The summed E-state index contributed by atoms with van der Waals surface area (Å²) < 4.78 is 1.97. The molecule has 16 heavy (non-hydrogen) atoms. The molecule has 0 amide bonds. The van der Waals surface area contributed by atoms with Crippen molar-refractivity contribution in [1.82, 2.24) is 4.57 Å². The lowest BCUT2D eigenvalue weighted by Gasteiger charge is -2.04. The number of fused-ring (bicyclic) bond motifs is 1. The van der Waals surface area contributed by atoms with Gasteiger partial charge in [-0.3, -0.25) is 4.79 Å². The Morgan fingerprint density at radius 1 is 1.38 bits per heavy atom. The van der Waals surface area contributed by atoms with Crippen molar-refractivity contribution in [2.75, 3.05) is 0 Å². The highest BCUT2D eigenvalue weighted by Crippen LogP contribution is 2.31. The maximum Gasteiger partial charge on any atom is 0.153 e. The van der Waals surface area contributed by atoms with E-state index in [4.69, 9.17) is 11.6 Å². The highest BCUT2D eigenvalue weighted by molar-refractivity contribution is 6.34. The van der Waals surface area contributed by atoms with Crippen LogP contribution in [0, 0.1) is 13.8 Å². The third kappa shape index (κ3) is 1.45. The molecule has 2 nitrogen and oxygen atoms in total. The lowest BCUT2D eigenvalue weighted by Crippen LogP contribution is -1.93. The Morgan fingerprint density at radius 3 is 2.62 bits per heavy atom. The third-order valence-electron chi connectivity index (χ3n) is 2.91. The Hall–Kier alpha value is -1.28. The average Bonchev–Trinajstić information content (AvgIpc) is 2.49. The van der Waals surface area contributed by atoms with Crippen LogP contribution in [0.3, 0.4) is 0 Å². The first kappa shape index (κ1) is 11.2. The molecule has 0 fully saturated rings. The number of carbonyl (C=O) groups excluding carboxylic acids is 1. The predicted octanol–water partition coefficient (Wildman–Crippen LogP) is 3.74. The molecule has 0 bridgehead atoms. The minimum atomic E-state index is 0.543. The fraction of sp³-hybridized carbons (Fsp3) is 0.308. The highest BCUT2D eigenvalue weighted by Gasteiger charge is 2.16. The Balaban J connectivity index is 3.00. The van der Waals surface area contributed by atoms with E-state index in [-0.39, 0.29) is 0 Å². The second kappa shape index (κ2) is 3.95. The van der Waals surface area contributed by atoms with E-state index < -0.39 is 0 Å².